The Morgan fingerprint density at radius 3 is 2.74 bits per heavy atom. The predicted molar refractivity (Wildman–Crippen MR) is 81.1 cm³/mol. The number of carbonyl (C=O) groups is 3. The average molecular weight is 318 g/mol. The average Bonchev–Trinajstić information content (AvgIpc) is 3.32. The fraction of sp³-hybridized carbons (Fsp3) is 0.438. The van der Waals surface area contributed by atoms with Crippen molar-refractivity contribution >= 4 is 23.5 Å². The van der Waals surface area contributed by atoms with Gasteiger partial charge in [-0.2, -0.15) is 0 Å². The van der Waals surface area contributed by atoms with Crippen molar-refractivity contribution in [3.05, 3.63) is 24.3 Å². The molecule has 1 aliphatic heterocycles. The second-order valence-electron chi connectivity index (χ2n) is 5.84. The lowest BCUT2D eigenvalue weighted by atomic mass is 10.1. The van der Waals surface area contributed by atoms with Gasteiger partial charge in [0, 0.05) is 6.04 Å². The molecule has 1 aliphatic carbocycles. The minimum absolute atomic E-state index is 0.0486. The first-order valence-corrected chi connectivity index (χ1v) is 7.58. The first kappa shape index (κ1) is 15.3. The van der Waals surface area contributed by atoms with Crippen LogP contribution in [0.4, 0.5) is 5.69 Å². The standard InChI is InChI=1S/C16H18N2O5/c1-9(16(21)22)18(10-6-7-10)14(19)8-13-15(20)17-11-4-2-3-5-12(11)23-13/h2-5,9-10,13H,6-8H2,1H3,(H,17,20)(H,21,22). The zero-order chi connectivity index (χ0) is 16.6. The van der Waals surface area contributed by atoms with Gasteiger partial charge in [0.25, 0.3) is 5.91 Å². The SMILES string of the molecule is CC(C(=O)O)N(C(=O)CC1Oc2ccccc2NC1=O)C1CC1. The Balaban J connectivity index is 1.72. The van der Waals surface area contributed by atoms with Crippen molar-refractivity contribution in [3.63, 3.8) is 0 Å². The number of carbonyl (C=O) groups excluding carboxylic acids is 2. The Morgan fingerprint density at radius 1 is 1.39 bits per heavy atom. The summed E-state index contributed by atoms with van der Waals surface area (Å²) in [7, 11) is 0. The molecule has 0 bridgehead atoms. The van der Waals surface area contributed by atoms with Crippen LogP contribution < -0.4 is 10.1 Å². The van der Waals surface area contributed by atoms with E-state index >= 15 is 0 Å². The van der Waals surface area contributed by atoms with Crippen LogP contribution in [0.5, 0.6) is 5.75 Å². The second-order valence-corrected chi connectivity index (χ2v) is 5.84. The molecular weight excluding hydrogens is 300 g/mol. The molecule has 1 heterocycles. The van der Waals surface area contributed by atoms with Crippen LogP contribution in [0.25, 0.3) is 0 Å². The minimum atomic E-state index is -1.05. The Morgan fingerprint density at radius 2 is 2.09 bits per heavy atom. The smallest absolute Gasteiger partial charge is 0.326 e. The minimum Gasteiger partial charge on any atom is -0.480 e. The van der Waals surface area contributed by atoms with Gasteiger partial charge in [0.2, 0.25) is 5.91 Å². The molecule has 1 aromatic carbocycles. The van der Waals surface area contributed by atoms with E-state index < -0.39 is 24.0 Å². The van der Waals surface area contributed by atoms with Gasteiger partial charge in [-0.3, -0.25) is 9.59 Å². The van der Waals surface area contributed by atoms with Crippen LogP contribution in [0.3, 0.4) is 0 Å². The fourth-order valence-corrected chi connectivity index (χ4v) is 2.70. The quantitative estimate of drug-likeness (QED) is 0.851. The number of carboxylic acids is 1. The number of nitrogens with one attached hydrogen (secondary N) is 1. The van der Waals surface area contributed by atoms with E-state index in [1.165, 1.54) is 11.8 Å². The Bertz CT molecular complexity index is 656. The van der Waals surface area contributed by atoms with Crippen molar-refractivity contribution in [2.24, 2.45) is 0 Å². The van der Waals surface area contributed by atoms with Crippen molar-refractivity contribution in [1.82, 2.24) is 4.90 Å². The number of aliphatic carboxylic acids is 1. The molecule has 0 spiro atoms. The molecule has 2 N–H and O–H groups in total. The molecule has 2 amide bonds. The van der Waals surface area contributed by atoms with Crippen molar-refractivity contribution in [1.29, 1.82) is 0 Å². The Hall–Kier alpha value is -2.57. The molecule has 0 saturated heterocycles. The molecular formula is C16H18N2O5. The molecule has 7 nitrogen and oxygen atoms in total. The van der Waals surface area contributed by atoms with Crippen molar-refractivity contribution in [2.75, 3.05) is 5.32 Å². The van der Waals surface area contributed by atoms with Crippen molar-refractivity contribution in [3.8, 4) is 5.75 Å². The fourth-order valence-electron chi connectivity index (χ4n) is 2.70. The summed E-state index contributed by atoms with van der Waals surface area (Å²) in [5.74, 6) is -1.31. The van der Waals surface area contributed by atoms with Gasteiger partial charge in [-0.25, -0.2) is 4.79 Å². The van der Waals surface area contributed by atoms with Crippen LogP contribution >= 0.6 is 0 Å². The highest BCUT2D eigenvalue weighted by molar-refractivity contribution is 6.00. The van der Waals surface area contributed by atoms with Gasteiger partial charge in [0.15, 0.2) is 6.10 Å². The molecule has 3 rings (SSSR count). The lowest BCUT2D eigenvalue weighted by Gasteiger charge is -2.30. The molecule has 1 aromatic rings. The third kappa shape index (κ3) is 3.13. The normalized spacial score (nSPS) is 20.7. The summed E-state index contributed by atoms with van der Waals surface area (Å²) in [5.41, 5.74) is 0.569. The number of rotatable bonds is 5. The van der Waals surface area contributed by atoms with E-state index in [0.29, 0.717) is 11.4 Å². The van der Waals surface area contributed by atoms with Crippen LogP contribution in [0.1, 0.15) is 26.2 Å². The van der Waals surface area contributed by atoms with Crippen LogP contribution in [0.15, 0.2) is 24.3 Å². The van der Waals surface area contributed by atoms with Crippen LogP contribution in [-0.2, 0) is 14.4 Å². The van der Waals surface area contributed by atoms with E-state index in [4.69, 9.17) is 9.84 Å². The first-order valence-electron chi connectivity index (χ1n) is 7.58. The summed E-state index contributed by atoms with van der Waals surface area (Å²) < 4.78 is 5.60. The third-order valence-electron chi connectivity index (χ3n) is 4.07. The summed E-state index contributed by atoms with van der Waals surface area (Å²) in [6.45, 7) is 1.48. The van der Waals surface area contributed by atoms with Crippen LogP contribution in [0, 0.1) is 0 Å². The van der Waals surface area contributed by atoms with Gasteiger partial charge >= 0.3 is 5.97 Å². The summed E-state index contributed by atoms with van der Waals surface area (Å²) >= 11 is 0. The molecule has 2 atom stereocenters. The molecule has 1 saturated carbocycles. The number of hydrogen-bond donors (Lipinski definition) is 2. The number of benzene rings is 1. The second kappa shape index (κ2) is 5.91. The number of anilines is 1. The number of amides is 2. The van der Waals surface area contributed by atoms with E-state index in [9.17, 15) is 14.4 Å². The number of para-hydroxylation sites is 2. The number of carboxylic acid groups (broad SMARTS) is 1. The molecule has 0 radical (unpaired) electrons. The largest absolute Gasteiger partial charge is 0.480 e. The summed E-state index contributed by atoms with van der Waals surface area (Å²) in [6, 6.07) is 6.02. The molecule has 7 heteroatoms. The zero-order valence-electron chi connectivity index (χ0n) is 12.7. The molecule has 2 unspecified atom stereocenters. The highest BCUT2D eigenvalue weighted by atomic mass is 16.5. The third-order valence-corrected chi connectivity index (χ3v) is 4.07. The maximum Gasteiger partial charge on any atom is 0.326 e. The first-order chi connectivity index (χ1) is 11.0. The monoisotopic (exact) mass is 318 g/mol. The van der Waals surface area contributed by atoms with E-state index in [1.807, 2.05) is 0 Å². The maximum absolute atomic E-state index is 12.5. The number of hydrogen-bond acceptors (Lipinski definition) is 4. The van der Waals surface area contributed by atoms with Gasteiger partial charge in [0.1, 0.15) is 11.8 Å². The van der Waals surface area contributed by atoms with Crippen LogP contribution in [-0.4, -0.2) is 46.0 Å². The lowest BCUT2D eigenvalue weighted by molar-refractivity contribution is -0.151. The Kier molecular flexibility index (Phi) is 3.94. The molecule has 23 heavy (non-hydrogen) atoms. The highest BCUT2D eigenvalue weighted by Gasteiger charge is 2.40. The Labute approximate surface area is 133 Å². The zero-order valence-corrected chi connectivity index (χ0v) is 12.7. The van der Waals surface area contributed by atoms with Gasteiger partial charge in [0.05, 0.1) is 12.1 Å². The van der Waals surface area contributed by atoms with Crippen molar-refractivity contribution in [2.45, 2.75) is 44.4 Å². The molecule has 1 fully saturated rings. The highest BCUT2D eigenvalue weighted by Crippen LogP contribution is 2.32. The molecule has 2 aliphatic rings. The number of nitrogens with zero attached hydrogens (tertiary/aromatic N) is 1. The summed E-state index contributed by atoms with van der Waals surface area (Å²) in [5, 5.41) is 11.9. The van der Waals surface area contributed by atoms with Gasteiger partial charge in [-0.05, 0) is 31.9 Å². The topological polar surface area (TPSA) is 95.9 Å². The predicted octanol–water partition coefficient (Wildman–Crippen LogP) is 1.24. The summed E-state index contributed by atoms with van der Waals surface area (Å²) in [6.07, 6.45) is 0.474. The van der Waals surface area contributed by atoms with Crippen LogP contribution in [0.2, 0.25) is 0 Å². The number of ether oxygens (including phenoxy) is 1. The van der Waals surface area contributed by atoms with E-state index in [-0.39, 0.29) is 18.4 Å². The molecule has 122 valence electrons. The van der Waals surface area contributed by atoms with E-state index in [2.05, 4.69) is 5.32 Å². The van der Waals surface area contributed by atoms with Crippen molar-refractivity contribution < 1.29 is 24.2 Å². The summed E-state index contributed by atoms with van der Waals surface area (Å²) in [4.78, 5) is 37.1. The lowest BCUT2D eigenvalue weighted by Crippen LogP contribution is -2.48. The van der Waals surface area contributed by atoms with E-state index in [0.717, 1.165) is 12.8 Å². The maximum atomic E-state index is 12.5. The number of fused-ring (bicyclic) bond motifs is 1. The molecule has 0 aromatic heterocycles. The van der Waals surface area contributed by atoms with Gasteiger partial charge < -0.3 is 20.1 Å². The van der Waals surface area contributed by atoms with Gasteiger partial charge in [-0.1, -0.05) is 12.1 Å². The van der Waals surface area contributed by atoms with E-state index in [1.54, 1.807) is 24.3 Å². The van der Waals surface area contributed by atoms with Gasteiger partial charge in [-0.15, -0.1) is 0 Å².